The average molecular weight is 462 g/mol. The van der Waals surface area contributed by atoms with Crippen LogP contribution in [0.3, 0.4) is 0 Å². The fraction of sp³-hybridized carbons (Fsp3) is 0.385. The standard InChI is InChI=1S/C26H31N5O3/c1-15(2)13-29-24(33)21-10-9-19(23(32)27-16(3)4)12-22(21)31-25(29)28-30(26(31)34)14-20-11-17(5)7-8-18(20)6/h7-12,15-16H,13-14H2,1-6H3,(H,27,32). The van der Waals surface area contributed by atoms with E-state index in [0.29, 0.717) is 29.6 Å². The molecular formula is C26H31N5O3. The van der Waals surface area contributed by atoms with Gasteiger partial charge in [0.25, 0.3) is 11.5 Å². The van der Waals surface area contributed by atoms with E-state index in [-0.39, 0.29) is 34.9 Å². The van der Waals surface area contributed by atoms with Gasteiger partial charge >= 0.3 is 5.69 Å². The molecule has 0 aliphatic heterocycles. The van der Waals surface area contributed by atoms with Crippen molar-refractivity contribution in [3.63, 3.8) is 0 Å². The van der Waals surface area contributed by atoms with Crippen LogP contribution in [0.25, 0.3) is 16.7 Å². The lowest BCUT2D eigenvalue weighted by Crippen LogP contribution is -2.31. The van der Waals surface area contributed by atoms with E-state index in [1.54, 1.807) is 22.8 Å². The third-order valence-corrected chi connectivity index (χ3v) is 5.83. The minimum Gasteiger partial charge on any atom is -0.350 e. The molecule has 2 heterocycles. The molecule has 0 spiro atoms. The molecule has 178 valence electrons. The van der Waals surface area contributed by atoms with Crippen LogP contribution in [0.4, 0.5) is 0 Å². The van der Waals surface area contributed by atoms with Gasteiger partial charge in [-0.05, 0) is 62.9 Å². The number of aromatic nitrogens is 4. The summed E-state index contributed by atoms with van der Waals surface area (Å²) in [6.45, 7) is 12.5. The Labute approximate surface area is 197 Å². The lowest BCUT2D eigenvalue weighted by molar-refractivity contribution is 0.0943. The molecule has 0 saturated carbocycles. The largest absolute Gasteiger partial charge is 0.352 e. The monoisotopic (exact) mass is 461 g/mol. The Kier molecular flexibility index (Phi) is 6.17. The van der Waals surface area contributed by atoms with Gasteiger partial charge in [-0.15, -0.1) is 5.10 Å². The molecule has 2 aromatic heterocycles. The molecule has 4 rings (SSSR count). The van der Waals surface area contributed by atoms with Gasteiger partial charge in [-0.1, -0.05) is 37.6 Å². The quantitative estimate of drug-likeness (QED) is 0.477. The van der Waals surface area contributed by atoms with E-state index in [1.807, 2.05) is 59.7 Å². The fourth-order valence-corrected chi connectivity index (χ4v) is 4.17. The van der Waals surface area contributed by atoms with Crippen LogP contribution >= 0.6 is 0 Å². The van der Waals surface area contributed by atoms with Crippen molar-refractivity contribution in [3.05, 3.63) is 79.5 Å². The van der Waals surface area contributed by atoms with Crippen LogP contribution < -0.4 is 16.6 Å². The first-order valence-corrected chi connectivity index (χ1v) is 11.6. The number of nitrogens with one attached hydrogen (secondary N) is 1. The maximum Gasteiger partial charge on any atom is 0.352 e. The van der Waals surface area contributed by atoms with E-state index in [1.165, 1.54) is 9.08 Å². The van der Waals surface area contributed by atoms with E-state index >= 15 is 0 Å². The number of aryl methyl sites for hydroxylation is 2. The first-order chi connectivity index (χ1) is 16.1. The Hall–Kier alpha value is -3.68. The van der Waals surface area contributed by atoms with E-state index in [2.05, 4.69) is 10.4 Å². The van der Waals surface area contributed by atoms with Crippen molar-refractivity contribution in [1.29, 1.82) is 0 Å². The van der Waals surface area contributed by atoms with Gasteiger partial charge in [-0.25, -0.2) is 13.9 Å². The van der Waals surface area contributed by atoms with Crippen LogP contribution in [0, 0.1) is 19.8 Å². The second-order valence-corrected chi connectivity index (χ2v) is 9.68. The van der Waals surface area contributed by atoms with Crippen LogP contribution in [-0.4, -0.2) is 30.7 Å². The highest BCUT2D eigenvalue weighted by molar-refractivity contribution is 5.98. The fourth-order valence-electron chi connectivity index (χ4n) is 4.17. The minimum atomic E-state index is -0.347. The maximum atomic E-state index is 13.6. The number of amides is 1. The summed E-state index contributed by atoms with van der Waals surface area (Å²) < 4.78 is 4.41. The summed E-state index contributed by atoms with van der Waals surface area (Å²) in [6.07, 6.45) is 0. The molecule has 0 unspecified atom stereocenters. The predicted molar refractivity (Wildman–Crippen MR) is 134 cm³/mol. The molecule has 0 aliphatic carbocycles. The maximum absolute atomic E-state index is 13.6. The van der Waals surface area contributed by atoms with Crippen molar-refractivity contribution in [2.75, 3.05) is 0 Å². The van der Waals surface area contributed by atoms with Gasteiger partial charge in [0.2, 0.25) is 5.78 Å². The number of hydrogen-bond acceptors (Lipinski definition) is 4. The number of fused-ring (bicyclic) bond motifs is 3. The van der Waals surface area contributed by atoms with Crippen molar-refractivity contribution >= 4 is 22.6 Å². The van der Waals surface area contributed by atoms with Crippen molar-refractivity contribution in [1.82, 2.24) is 24.1 Å². The van der Waals surface area contributed by atoms with Gasteiger partial charge in [-0.3, -0.25) is 14.2 Å². The molecule has 2 aromatic carbocycles. The molecule has 4 aromatic rings. The summed E-state index contributed by atoms with van der Waals surface area (Å²) >= 11 is 0. The Bertz CT molecular complexity index is 1520. The average Bonchev–Trinajstić information content (AvgIpc) is 3.08. The number of rotatable bonds is 6. The molecule has 0 fully saturated rings. The highest BCUT2D eigenvalue weighted by Crippen LogP contribution is 2.17. The predicted octanol–water partition coefficient (Wildman–Crippen LogP) is 3.27. The van der Waals surface area contributed by atoms with Gasteiger partial charge < -0.3 is 5.32 Å². The van der Waals surface area contributed by atoms with E-state index < -0.39 is 0 Å². The summed E-state index contributed by atoms with van der Waals surface area (Å²) in [6, 6.07) is 10.9. The SMILES string of the molecule is Cc1ccc(C)c(Cn2nc3n(CC(C)C)c(=O)c4ccc(C(=O)NC(C)C)cc4n3c2=O)c1. The summed E-state index contributed by atoms with van der Waals surface area (Å²) in [5.41, 5.74) is 3.35. The van der Waals surface area contributed by atoms with Gasteiger partial charge in [0, 0.05) is 18.2 Å². The molecule has 0 aliphatic rings. The highest BCUT2D eigenvalue weighted by Gasteiger charge is 2.20. The molecule has 0 bridgehead atoms. The van der Waals surface area contributed by atoms with Crippen molar-refractivity contribution in [2.45, 2.75) is 60.7 Å². The molecule has 1 amide bonds. The van der Waals surface area contributed by atoms with E-state index in [9.17, 15) is 14.4 Å². The molecular weight excluding hydrogens is 430 g/mol. The lowest BCUT2D eigenvalue weighted by atomic mass is 10.1. The normalized spacial score (nSPS) is 11.8. The molecule has 8 nitrogen and oxygen atoms in total. The lowest BCUT2D eigenvalue weighted by Gasteiger charge is -2.13. The number of benzene rings is 2. The molecule has 0 saturated heterocycles. The van der Waals surface area contributed by atoms with Crippen LogP contribution in [0.15, 0.2) is 46.0 Å². The zero-order chi connectivity index (χ0) is 24.7. The zero-order valence-electron chi connectivity index (χ0n) is 20.5. The Balaban J connectivity index is 2.00. The van der Waals surface area contributed by atoms with Gasteiger partial charge in [0.15, 0.2) is 0 Å². The van der Waals surface area contributed by atoms with Crippen LogP contribution in [-0.2, 0) is 13.1 Å². The van der Waals surface area contributed by atoms with Gasteiger partial charge in [-0.2, -0.15) is 0 Å². The van der Waals surface area contributed by atoms with Gasteiger partial charge in [0.05, 0.1) is 17.4 Å². The zero-order valence-corrected chi connectivity index (χ0v) is 20.5. The minimum absolute atomic E-state index is 0.0368. The Morgan fingerprint density at radius 3 is 2.44 bits per heavy atom. The number of hydrogen-bond donors (Lipinski definition) is 1. The van der Waals surface area contributed by atoms with Crippen molar-refractivity contribution < 1.29 is 4.79 Å². The van der Waals surface area contributed by atoms with E-state index in [4.69, 9.17) is 0 Å². The molecule has 8 heteroatoms. The molecule has 1 N–H and O–H groups in total. The summed E-state index contributed by atoms with van der Waals surface area (Å²) in [7, 11) is 0. The number of carbonyl (C=O) groups excluding carboxylic acids is 1. The number of carbonyl (C=O) groups is 1. The van der Waals surface area contributed by atoms with Crippen LogP contribution in [0.1, 0.15) is 54.7 Å². The first kappa shape index (κ1) is 23.5. The Morgan fingerprint density at radius 1 is 1.03 bits per heavy atom. The third-order valence-electron chi connectivity index (χ3n) is 5.83. The second-order valence-electron chi connectivity index (χ2n) is 9.68. The first-order valence-electron chi connectivity index (χ1n) is 11.6. The summed E-state index contributed by atoms with van der Waals surface area (Å²) in [5, 5.41) is 7.83. The molecule has 0 atom stereocenters. The van der Waals surface area contributed by atoms with Crippen LogP contribution in [0.2, 0.25) is 0 Å². The van der Waals surface area contributed by atoms with E-state index in [0.717, 1.165) is 16.7 Å². The number of nitrogens with zero attached hydrogens (tertiary/aromatic N) is 4. The van der Waals surface area contributed by atoms with Crippen molar-refractivity contribution in [2.24, 2.45) is 5.92 Å². The molecule has 0 radical (unpaired) electrons. The molecule has 34 heavy (non-hydrogen) atoms. The summed E-state index contributed by atoms with van der Waals surface area (Å²) in [5.74, 6) is 0.199. The smallest absolute Gasteiger partial charge is 0.350 e. The van der Waals surface area contributed by atoms with Crippen LogP contribution in [0.5, 0.6) is 0 Å². The Morgan fingerprint density at radius 2 is 1.76 bits per heavy atom. The van der Waals surface area contributed by atoms with Crippen molar-refractivity contribution in [3.8, 4) is 0 Å². The second kappa shape index (κ2) is 8.93. The third kappa shape index (κ3) is 4.27. The summed E-state index contributed by atoms with van der Waals surface area (Å²) in [4.78, 5) is 39.6. The topological polar surface area (TPSA) is 90.4 Å². The highest BCUT2D eigenvalue weighted by atomic mass is 16.2. The van der Waals surface area contributed by atoms with Gasteiger partial charge in [0.1, 0.15) is 0 Å².